The van der Waals surface area contributed by atoms with E-state index < -0.39 is 29.2 Å². The third-order valence-corrected chi connectivity index (χ3v) is 1.73. The Balaban J connectivity index is 3.44. The van der Waals surface area contributed by atoms with E-state index in [-0.39, 0.29) is 5.69 Å². The lowest BCUT2D eigenvalue weighted by Gasteiger charge is -2.08. The Hall–Kier alpha value is -1.52. The van der Waals surface area contributed by atoms with Gasteiger partial charge >= 0.3 is 0 Å². The van der Waals surface area contributed by atoms with Crippen molar-refractivity contribution in [3.8, 4) is 0 Å². The van der Waals surface area contributed by atoms with E-state index in [1.807, 2.05) is 0 Å². The van der Waals surface area contributed by atoms with Crippen LogP contribution >= 0.6 is 0 Å². The lowest BCUT2D eigenvalue weighted by molar-refractivity contribution is 0.0994. The summed E-state index contributed by atoms with van der Waals surface area (Å²) in [7, 11) is 0. The third-order valence-electron chi connectivity index (χ3n) is 1.73. The summed E-state index contributed by atoms with van der Waals surface area (Å²) in [6.07, 6.45) is -2.91. The van der Waals surface area contributed by atoms with Crippen molar-refractivity contribution in [1.82, 2.24) is 0 Å². The number of ketones is 1. The Morgan fingerprint density at radius 2 is 2.00 bits per heavy atom. The van der Waals surface area contributed by atoms with E-state index in [1.54, 1.807) is 0 Å². The molecule has 1 aromatic rings. The lowest BCUT2D eigenvalue weighted by Crippen LogP contribution is -2.05. The highest BCUT2D eigenvalue weighted by Gasteiger charge is 2.20. The zero-order chi connectivity index (χ0) is 10.9. The molecule has 0 heterocycles. The minimum Gasteiger partial charge on any atom is -0.399 e. The number of carbonyl (C=O) groups is 1. The number of nitrogens with two attached hydrogens (primary N) is 1. The van der Waals surface area contributed by atoms with E-state index in [4.69, 9.17) is 5.73 Å². The van der Waals surface area contributed by atoms with Crippen LogP contribution in [0.5, 0.6) is 0 Å². The number of alkyl halides is 2. The Morgan fingerprint density at radius 3 is 2.43 bits per heavy atom. The molecule has 1 rings (SSSR count). The third kappa shape index (κ3) is 1.86. The molecular weight excluding hydrogens is 195 g/mol. The summed E-state index contributed by atoms with van der Waals surface area (Å²) in [6, 6.07) is 1.76. The van der Waals surface area contributed by atoms with Crippen molar-refractivity contribution in [2.75, 3.05) is 5.73 Å². The molecule has 0 aliphatic rings. The van der Waals surface area contributed by atoms with Gasteiger partial charge in [0.05, 0.1) is 5.56 Å². The molecule has 0 aliphatic heterocycles. The van der Waals surface area contributed by atoms with Gasteiger partial charge in [0.1, 0.15) is 5.82 Å². The fourth-order valence-corrected chi connectivity index (χ4v) is 1.19. The summed E-state index contributed by atoms with van der Waals surface area (Å²) in [5.41, 5.74) is 3.81. The molecule has 0 spiro atoms. The van der Waals surface area contributed by atoms with Crippen LogP contribution in [-0.2, 0) is 0 Å². The largest absolute Gasteiger partial charge is 0.399 e. The predicted octanol–water partition coefficient (Wildman–Crippen LogP) is 2.55. The van der Waals surface area contributed by atoms with E-state index >= 15 is 0 Å². The molecule has 0 saturated heterocycles. The zero-order valence-corrected chi connectivity index (χ0v) is 7.35. The Kier molecular flexibility index (Phi) is 2.78. The molecule has 14 heavy (non-hydrogen) atoms. The average Bonchev–Trinajstić information content (AvgIpc) is 2.01. The molecule has 1 aromatic carbocycles. The maximum absolute atomic E-state index is 13.1. The topological polar surface area (TPSA) is 43.1 Å². The van der Waals surface area contributed by atoms with Gasteiger partial charge in [0.25, 0.3) is 6.43 Å². The molecule has 5 heteroatoms. The molecule has 0 aliphatic carbocycles. The van der Waals surface area contributed by atoms with Gasteiger partial charge in [-0.15, -0.1) is 0 Å². The van der Waals surface area contributed by atoms with Crippen molar-refractivity contribution in [2.24, 2.45) is 0 Å². The number of anilines is 1. The van der Waals surface area contributed by atoms with E-state index in [1.165, 1.54) is 0 Å². The van der Waals surface area contributed by atoms with Gasteiger partial charge in [0.15, 0.2) is 5.78 Å². The number of nitrogen functional groups attached to an aromatic ring is 1. The standard InChI is InChI=1S/C9H8F3NO/c1-4(14)8-6(9(11)12)2-5(13)3-7(8)10/h2-3,9H,13H2,1H3. The number of hydrogen-bond acceptors (Lipinski definition) is 2. The molecule has 2 nitrogen and oxygen atoms in total. The number of carbonyl (C=O) groups excluding carboxylic acids is 1. The first kappa shape index (κ1) is 10.6. The van der Waals surface area contributed by atoms with Gasteiger partial charge in [0, 0.05) is 11.3 Å². The predicted molar refractivity (Wildman–Crippen MR) is 45.8 cm³/mol. The molecule has 0 saturated carbocycles. The van der Waals surface area contributed by atoms with E-state index in [0.29, 0.717) is 0 Å². The Bertz CT molecular complexity index is 377. The maximum atomic E-state index is 13.1. The summed E-state index contributed by atoms with van der Waals surface area (Å²) in [5.74, 6) is -1.74. The Morgan fingerprint density at radius 1 is 1.43 bits per heavy atom. The second-order valence-electron chi connectivity index (χ2n) is 2.82. The second-order valence-corrected chi connectivity index (χ2v) is 2.82. The fraction of sp³-hybridized carbons (Fsp3) is 0.222. The minimum atomic E-state index is -2.91. The van der Waals surface area contributed by atoms with Crippen LogP contribution in [0.25, 0.3) is 0 Å². The highest BCUT2D eigenvalue weighted by atomic mass is 19.3. The number of Topliss-reactive ketones (excluding diaryl/α,β-unsaturated/α-hetero) is 1. The highest BCUT2D eigenvalue weighted by Crippen LogP contribution is 2.27. The molecule has 0 fully saturated rings. The van der Waals surface area contributed by atoms with Gasteiger partial charge in [-0.25, -0.2) is 13.2 Å². The van der Waals surface area contributed by atoms with Crippen molar-refractivity contribution >= 4 is 11.5 Å². The zero-order valence-electron chi connectivity index (χ0n) is 7.35. The van der Waals surface area contributed by atoms with E-state index in [9.17, 15) is 18.0 Å². The van der Waals surface area contributed by atoms with Gasteiger partial charge in [0.2, 0.25) is 0 Å². The second kappa shape index (κ2) is 3.69. The normalized spacial score (nSPS) is 10.6. The van der Waals surface area contributed by atoms with Gasteiger partial charge < -0.3 is 5.73 Å². The number of rotatable bonds is 2. The van der Waals surface area contributed by atoms with Crippen molar-refractivity contribution in [2.45, 2.75) is 13.3 Å². The lowest BCUT2D eigenvalue weighted by atomic mass is 10.0. The molecule has 0 bridgehead atoms. The summed E-state index contributed by atoms with van der Waals surface area (Å²) in [5, 5.41) is 0. The minimum absolute atomic E-state index is 0.122. The molecule has 76 valence electrons. The molecule has 2 N–H and O–H groups in total. The van der Waals surface area contributed by atoms with Gasteiger partial charge in [-0.1, -0.05) is 0 Å². The first-order chi connectivity index (χ1) is 6.43. The fourth-order valence-electron chi connectivity index (χ4n) is 1.19. The average molecular weight is 203 g/mol. The summed E-state index contributed by atoms with van der Waals surface area (Å²) in [4.78, 5) is 10.9. The van der Waals surface area contributed by atoms with Crippen LogP contribution in [0.3, 0.4) is 0 Å². The van der Waals surface area contributed by atoms with Crippen molar-refractivity contribution in [3.05, 3.63) is 29.1 Å². The number of hydrogen-bond donors (Lipinski definition) is 1. The summed E-state index contributed by atoms with van der Waals surface area (Å²) in [6.45, 7) is 1.03. The van der Waals surface area contributed by atoms with E-state index in [0.717, 1.165) is 19.1 Å². The van der Waals surface area contributed by atoms with Crippen LogP contribution in [0, 0.1) is 5.82 Å². The smallest absolute Gasteiger partial charge is 0.264 e. The van der Waals surface area contributed by atoms with Crippen LogP contribution in [-0.4, -0.2) is 5.78 Å². The van der Waals surface area contributed by atoms with E-state index in [2.05, 4.69) is 0 Å². The van der Waals surface area contributed by atoms with Crippen LogP contribution in [0.1, 0.15) is 29.3 Å². The SMILES string of the molecule is CC(=O)c1c(F)cc(N)cc1C(F)F. The van der Waals surface area contributed by atoms with Crippen LogP contribution in [0.4, 0.5) is 18.9 Å². The highest BCUT2D eigenvalue weighted by molar-refractivity contribution is 5.96. The van der Waals surface area contributed by atoms with Gasteiger partial charge in [-0.05, 0) is 19.1 Å². The van der Waals surface area contributed by atoms with Crippen LogP contribution < -0.4 is 5.73 Å². The molecule has 0 amide bonds. The van der Waals surface area contributed by atoms with Gasteiger partial charge in [-0.2, -0.15) is 0 Å². The maximum Gasteiger partial charge on any atom is 0.264 e. The van der Waals surface area contributed by atoms with Crippen LogP contribution in [0.15, 0.2) is 12.1 Å². The van der Waals surface area contributed by atoms with Crippen molar-refractivity contribution in [3.63, 3.8) is 0 Å². The summed E-state index contributed by atoms with van der Waals surface area (Å²) >= 11 is 0. The summed E-state index contributed by atoms with van der Waals surface area (Å²) < 4.78 is 37.8. The first-order valence-corrected chi connectivity index (χ1v) is 3.81. The molecule has 0 radical (unpaired) electrons. The van der Waals surface area contributed by atoms with Crippen molar-refractivity contribution < 1.29 is 18.0 Å². The molecule has 0 atom stereocenters. The number of benzene rings is 1. The first-order valence-electron chi connectivity index (χ1n) is 3.81. The van der Waals surface area contributed by atoms with Crippen LogP contribution in [0.2, 0.25) is 0 Å². The van der Waals surface area contributed by atoms with Gasteiger partial charge in [-0.3, -0.25) is 4.79 Å². The Labute approximate surface area is 78.5 Å². The van der Waals surface area contributed by atoms with Crippen molar-refractivity contribution in [1.29, 1.82) is 0 Å². The molecular formula is C9H8F3NO. The monoisotopic (exact) mass is 203 g/mol. The molecule has 0 unspecified atom stereocenters. The molecule has 0 aromatic heterocycles. The number of halogens is 3. The quantitative estimate of drug-likeness (QED) is 0.592.